The van der Waals surface area contributed by atoms with Crippen LogP contribution in [0.1, 0.15) is 30.9 Å². The molecule has 8 nitrogen and oxygen atoms in total. The van der Waals surface area contributed by atoms with Gasteiger partial charge in [0, 0.05) is 42.5 Å². The highest BCUT2D eigenvalue weighted by Gasteiger charge is 2.17. The first-order valence-electron chi connectivity index (χ1n) is 14.0. The van der Waals surface area contributed by atoms with Crippen LogP contribution in [0.3, 0.4) is 0 Å². The van der Waals surface area contributed by atoms with Crippen molar-refractivity contribution in [3.05, 3.63) is 94.4 Å². The molecular weight excluding hydrogens is 569 g/mol. The Kier molecular flexibility index (Phi) is 9.40. The van der Waals surface area contributed by atoms with E-state index in [9.17, 15) is 14.4 Å². The number of nitriles is 1. The Morgan fingerprint density at radius 3 is 2.67 bits per heavy atom. The first-order chi connectivity index (χ1) is 20.8. The summed E-state index contributed by atoms with van der Waals surface area (Å²) in [7, 11) is 2.07. The van der Waals surface area contributed by atoms with Gasteiger partial charge in [-0.1, -0.05) is 29.3 Å². The normalized spacial score (nSPS) is 13.3. The summed E-state index contributed by atoms with van der Waals surface area (Å²) in [5.41, 5.74) is 4.26. The maximum Gasteiger partial charge on any atom is 0.248 e. The number of piperidine rings is 1. The Labute approximate surface area is 254 Å². The molecule has 2 N–H and O–H groups in total. The van der Waals surface area contributed by atoms with Crippen LogP contribution >= 0.6 is 11.6 Å². The van der Waals surface area contributed by atoms with Crippen LogP contribution in [0.15, 0.2) is 72.4 Å². The third-order valence-corrected chi connectivity index (χ3v) is 7.39. The fraction of sp³-hybridized carbons (Fsp3) is 0.242. The molecule has 0 spiro atoms. The molecule has 5 rings (SSSR count). The number of nitrogens with one attached hydrogen (secondary N) is 2. The molecule has 3 aromatic carbocycles. The van der Waals surface area contributed by atoms with Crippen LogP contribution in [0.2, 0.25) is 5.02 Å². The van der Waals surface area contributed by atoms with Gasteiger partial charge in [0.05, 0.1) is 34.1 Å². The number of amides is 1. The molecule has 1 saturated heterocycles. The van der Waals surface area contributed by atoms with Crippen LogP contribution in [-0.2, 0) is 11.4 Å². The summed E-state index contributed by atoms with van der Waals surface area (Å²) in [6.07, 6.45) is 4.85. The van der Waals surface area contributed by atoms with E-state index >= 15 is 0 Å². The lowest BCUT2D eigenvalue weighted by molar-refractivity contribution is -0.112. The van der Waals surface area contributed by atoms with E-state index in [1.54, 1.807) is 48.5 Å². The molecular formula is C33H31ClFN5O3. The monoisotopic (exact) mass is 599 g/mol. The van der Waals surface area contributed by atoms with Gasteiger partial charge in [-0.05, 0) is 68.8 Å². The maximum atomic E-state index is 13.5. The molecule has 0 bridgehead atoms. The van der Waals surface area contributed by atoms with Crippen LogP contribution in [0, 0.1) is 17.1 Å². The van der Waals surface area contributed by atoms with E-state index in [1.165, 1.54) is 18.3 Å². The standard InChI is InChI=1S/C33H31ClFN5O3/c1-3-42-31-17-28-26(16-29(31)39-32(41)14-21-9-11-40(2)12-10-21)33(23(18-36)19-37-28)38-25-7-8-30(27(34)15-25)43-20-22-5-4-6-24(35)13-22/h4-8,13-17,19H,3,9-12,20H2,1-2H3,(H,37,38)(H,39,41). The van der Waals surface area contributed by atoms with Crippen LogP contribution in [0.4, 0.5) is 21.5 Å². The Morgan fingerprint density at radius 1 is 1.14 bits per heavy atom. The molecule has 1 amide bonds. The number of nitrogens with zero attached hydrogens (tertiary/aromatic N) is 3. The zero-order valence-corrected chi connectivity index (χ0v) is 24.7. The minimum absolute atomic E-state index is 0.155. The van der Waals surface area contributed by atoms with Gasteiger partial charge in [-0.3, -0.25) is 9.78 Å². The fourth-order valence-electron chi connectivity index (χ4n) is 4.84. The SMILES string of the molecule is CCOc1cc2ncc(C#N)c(Nc3ccc(OCc4cccc(F)c4)c(Cl)c3)c2cc1NC(=O)C=C1CCN(C)CC1. The fourth-order valence-corrected chi connectivity index (χ4v) is 5.08. The van der Waals surface area contributed by atoms with Crippen LogP contribution in [0.5, 0.6) is 11.5 Å². The lowest BCUT2D eigenvalue weighted by Gasteiger charge is -2.23. The minimum atomic E-state index is -0.338. The molecule has 0 atom stereocenters. The number of fused-ring (bicyclic) bond motifs is 1. The average molecular weight is 600 g/mol. The number of ether oxygens (including phenoxy) is 2. The number of pyridine rings is 1. The van der Waals surface area contributed by atoms with Crippen molar-refractivity contribution in [1.82, 2.24) is 9.88 Å². The van der Waals surface area contributed by atoms with Crippen LogP contribution in [0.25, 0.3) is 10.9 Å². The second-order valence-corrected chi connectivity index (χ2v) is 10.6. The number of hydrogen-bond acceptors (Lipinski definition) is 7. The summed E-state index contributed by atoms with van der Waals surface area (Å²) in [5.74, 6) is 0.340. The summed E-state index contributed by atoms with van der Waals surface area (Å²) in [4.78, 5) is 19.7. The van der Waals surface area contributed by atoms with Gasteiger partial charge in [0.15, 0.2) is 0 Å². The highest BCUT2D eigenvalue weighted by atomic mass is 35.5. The van der Waals surface area contributed by atoms with Crippen molar-refractivity contribution in [1.29, 1.82) is 5.26 Å². The summed E-state index contributed by atoms with van der Waals surface area (Å²) in [5, 5.41) is 17.1. The number of benzene rings is 3. The quantitative estimate of drug-likeness (QED) is 0.196. The van der Waals surface area contributed by atoms with Crippen molar-refractivity contribution in [2.24, 2.45) is 0 Å². The van der Waals surface area contributed by atoms with E-state index in [1.807, 2.05) is 6.92 Å². The van der Waals surface area contributed by atoms with E-state index in [2.05, 4.69) is 33.6 Å². The molecule has 10 heteroatoms. The van der Waals surface area contributed by atoms with Crippen molar-refractivity contribution in [3.63, 3.8) is 0 Å². The zero-order valence-electron chi connectivity index (χ0n) is 23.9. The number of anilines is 3. The minimum Gasteiger partial charge on any atom is -0.492 e. The van der Waals surface area contributed by atoms with Crippen molar-refractivity contribution in [2.45, 2.75) is 26.4 Å². The molecule has 0 saturated carbocycles. The second kappa shape index (κ2) is 13.6. The highest BCUT2D eigenvalue weighted by Crippen LogP contribution is 2.37. The van der Waals surface area contributed by atoms with Gasteiger partial charge in [0.1, 0.15) is 30.0 Å². The van der Waals surface area contributed by atoms with E-state index in [-0.39, 0.29) is 18.3 Å². The molecule has 0 aliphatic carbocycles. The van der Waals surface area contributed by atoms with Crippen molar-refractivity contribution in [2.75, 3.05) is 37.4 Å². The van der Waals surface area contributed by atoms with Crippen molar-refractivity contribution in [3.8, 4) is 17.6 Å². The van der Waals surface area contributed by atoms with Crippen LogP contribution < -0.4 is 20.1 Å². The van der Waals surface area contributed by atoms with E-state index in [0.717, 1.165) is 31.5 Å². The maximum absolute atomic E-state index is 13.5. The van der Waals surface area contributed by atoms with E-state index < -0.39 is 0 Å². The molecule has 1 fully saturated rings. The molecule has 1 aromatic heterocycles. The first kappa shape index (κ1) is 29.8. The van der Waals surface area contributed by atoms with E-state index in [4.69, 9.17) is 21.1 Å². The molecule has 1 aliphatic heterocycles. The number of carbonyl (C=O) groups excluding carboxylic acids is 1. The Bertz CT molecular complexity index is 1730. The average Bonchev–Trinajstić information content (AvgIpc) is 2.99. The lowest BCUT2D eigenvalue weighted by atomic mass is 10.0. The van der Waals surface area contributed by atoms with Gasteiger partial charge in [0.2, 0.25) is 5.91 Å². The van der Waals surface area contributed by atoms with E-state index in [0.29, 0.717) is 62.2 Å². The summed E-state index contributed by atoms with van der Waals surface area (Å²) >= 11 is 6.52. The molecule has 220 valence electrons. The second-order valence-electron chi connectivity index (χ2n) is 10.2. The van der Waals surface area contributed by atoms with Gasteiger partial charge in [-0.2, -0.15) is 5.26 Å². The number of hydrogen-bond donors (Lipinski definition) is 2. The molecule has 2 heterocycles. The third kappa shape index (κ3) is 7.41. The Balaban J connectivity index is 1.42. The molecule has 43 heavy (non-hydrogen) atoms. The van der Waals surface area contributed by atoms with Gasteiger partial charge in [0.25, 0.3) is 0 Å². The summed E-state index contributed by atoms with van der Waals surface area (Å²) in [6, 6.07) is 17.0. The number of likely N-dealkylation sites (tertiary alicyclic amines) is 1. The lowest BCUT2D eigenvalue weighted by Crippen LogP contribution is -2.27. The predicted octanol–water partition coefficient (Wildman–Crippen LogP) is 7.21. The highest BCUT2D eigenvalue weighted by molar-refractivity contribution is 6.32. The van der Waals surface area contributed by atoms with Crippen molar-refractivity contribution >= 4 is 45.5 Å². The summed E-state index contributed by atoms with van der Waals surface area (Å²) < 4.78 is 25.1. The molecule has 4 aromatic rings. The molecule has 1 aliphatic rings. The largest absolute Gasteiger partial charge is 0.492 e. The number of rotatable bonds is 9. The van der Waals surface area contributed by atoms with Gasteiger partial charge in [-0.25, -0.2) is 4.39 Å². The van der Waals surface area contributed by atoms with Crippen molar-refractivity contribution < 1.29 is 18.7 Å². The number of carbonyl (C=O) groups is 1. The smallest absolute Gasteiger partial charge is 0.248 e. The zero-order chi connectivity index (χ0) is 30.3. The number of halogens is 2. The topological polar surface area (TPSA) is 99.5 Å². The van der Waals surface area contributed by atoms with Crippen LogP contribution in [-0.4, -0.2) is 42.5 Å². The molecule has 0 unspecified atom stereocenters. The third-order valence-electron chi connectivity index (χ3n) is 7.10. The van der Waals surface area contributed by atoms with Gasteiger partial charge in [-0.15, -0.1) is 0 Å². The summed E-state index contributed by atoms with van der Waals surface area (Å²) in [6.45, 7) is 4.25. The Hall–Kier alpha value is -4.65. The molecule has 0 radical (unpaired) electrons. The van der Waals surface area contributed by atoms with Gasteiger partial charge >= 0.3 is 0 Å². The predicted molar refractivity (Wildman–Crippen MR) is 167 cm³/mol. The number of aromatic nitrogens is 1. The van der Waals surface area contributed by atoms with Gasteiger partial charge < -0.3 is 25.0 Å². The Morgan fingerprint density at radius 2 is 1.95 bits per heavy atom. The first-order valence-corrected chi connectivity index (χ1v) is 14.3.